The van der Waals surface area contributed by atoms with E-state index >= 15 is 0 Å². The van der Waals surface area contributed by atoms with Crippen LogP contribution in [-0.2, 0) is 10.0 Å². The average molecular weight is 324 g/mol. The van der Waals surface area contributed by atoms with Gasteiger partial charge in [0.15, 0.2) is 0 Å². The predicted molar refractivity (Wildman–Crippen MR) is 84.1 cm³/mol. The lowest BCUT2D eigenvalue weighted by Crippen LogP contribution is -2.80. The van der Waals surface area contributed by atoms with Crippen LogP contribution < -0.4 is 20.2 Å². The van der Waals surface area contributed by atoms with Crippen molar-refractivity contribution < 1.29 is 17.6 Å². The molecule has 22 heavy (non-hydrogen) atoms. The third-order valence-corrected chi connectivity index (χ3v) is 3.30. The van der Waals surface area contributed by atoms with E-state index in [-0.39, 0.29) is 11.9 Å². The molecule has 0 radical (unpaired) electrons. The lowest BCUT2D eigenvalue weighted by atomic mass is 10.2. The van der Waals surface area contributed by atoms with Crippen molar-refractivity contribution in [1.82, 2.24) is 9.97 Å². The van der Waals surface area contributed by atoms with Crippen LogP contribution in [0.2, 0.25) is 0 Å². The van der Waals surface area contributed by atoms with E-state index in [1.165, 1.54) is 0 Å². The maximum atomic E-state index is 11.1. The van der Waals surface area contributed by atoms with Gasteiger partial charge in [-0.3, -0.25) is 5.73 Å². The zero-order valence-corrected chi connectivity index (χ0v) is 13.4. The van der Waals surface area contributed by atoms with Crippen LogP contribution in [0, 0.1) is 6.92 Å². The first-order valence-corrected chi connectivity index (χ1v) is 8.46. The second-order valence-corrected chi connectivity index (χ2v) is 6.41. The number of sulfonamides is 1. The van der Waals surface area contributed by atoms with Crippen LogP contribution >= 0.6 is 0 Å². The standard InChI is InChI=1S/C13H17N5O3S/c1-4-21-9-5-6-11-10(7-9)8(2)15-13(16-11)17-12(14)18-22(3,19)20/h5-7H,4H2,1-3H3,(H3,14,15,16,17,18)/p+1. The fourth-order valence-electron chi connectivity index (χ4n) is 1.92. The molecular weight excluding hydrogens is 306 g/mol. The van der Waals surface area contributed by atoms with Crippen molar-refractivity contribution in [3.63, 3.8) is 0 Å². The number of aryl methyl sites for hydroxylation is 1. The number of hydrogen-bond donors (Lipinski definition) is 3. The van der Waals surface area contributed by atoms with E-state index in [1.807, 2.05) is 26.0 Å². The topological polar surface area (TPSA) is 121 Å². The van der Waals surface area contributed by atoms with Crippen LogP contribution in [0.1, 0.15) is 12.6 Å². The third kappa shape index (κ3) is 4.04. The summed E-state index contributed by atoms with van der Waals surface area (Å²) in [4.78, 5) is 8.55. The summed E-state index contributed by atoms with van der Waals surface area (Å²) in [5.41, 5.74) is 6.99. The van der Waals surface area contributed by atoms with Crippen LogP contribution in [0.4, 0.5) is 5.95 Å². The molecular formula is C13H18N5O3S+. The molecule has 1 heterocycles. The molecule has 0 saturated heterocycles. The molecule has 1 aromatic heterocycles. The Labute approximate surface area is 128 Å². The molecule has 0 unspecified atom stereocenters. The summed E-state index contributed by atoms with van der Waals surface area (Å²) < 4.78 is 29.8. The fourth-order valence-corrected chi connectivity index (χ4v) is 2.37. The third-order valence-electron chi connectivity index (χ3n) is 2.71. The van der Waals surface area contributed by atoms with Gasteiger partial charge in [0.25, 0.3) is 16.0 Å². The summed E-state index contributed by atoms with van der Waals surface area (Å²) in [5.74, 6) is 0.794. The molecule has 0 atom stereocenters. The molecule has 1 aromatic carbocycles. The highest BCUT2D eigenvalue weighted by atomic mass is 32.2. The summed E-state index contributed by atoms with van der Waals surface area (Å²) in [5, 5.41) is 3.47. The number of hydrogen-bond acceptors (Lipinski definition) is 5. The van der Waals surface area contributed by atoms with Gasteiger partial charge in [-0.25, -0.2) is 10.3 Å². The summed E-state index contributed by atoms with van der Waals surface area (Å²) >= 11 is 0. The number of rotatable bonds is 4. The Kier molecular flexibility index (Phi) is 4.45. The molecule has 2 rings (SSSR count). The molecule has 118 valence electrons. The van der Waals surface area contributed by atoms with Gasteiger partial charge in [-0.2, -0.15) is 17.8 Å². The minimum Gasteiger partial charge on any atom is -0.494 e. The predicted octanol–water partition coefficient (Wildman–Crippen LogP) is -0.896. The average Bonchev–Trinajstić information content (AvgIpc) is 2.37. The van der Waals surface area contributed by atoms with Crippen LogP contribution in [-0.4, -0.2) is 37.2 Å². The van der Waals surface area contributed by atoms with Crippen LogP contribution in [0.25, 0.3) is 10.9 Å². The van der Waals surface area contributed by atoms with Crippen molar-refractivity contribution in [2.75, 3.05) is 18.2 Å². The first-order chi connectivity index (χ1) is 10.3. The molecule has 0 aliphatic heterocycles. The molecule has 0 fully saturated rings. The van der Waals surface area contributed by atoms with E-state index < -0.39 is 10.0 Å². The molecule has 0 spiro atoms. The number of benzene rings is 1. The van der Waals surface area contributed by atoms with E-state index in [0.29, 0.717) is 12.1 Å². The van der Waals surface area contributed by atoms with E-state index in [4.69, 9.17) is 10.5 Å². The van der Waals surface area contributed by atoms with Crippen LogP contribution in [0.3, 0.4) is 0 Å². The Morgan fingerprint density at radius 2 is 2.14 bits per heavy atom. The van der Waals surface area contributed by atoms with Gasteiger partial charge < -0.3 is 4.74 Å². The van der Waals surface area contributed by atoms with Crippen molar-refractivity contribution in [1.29, 1.82) is 0 Å². The number of nitrogens with zero attached hydrogens (tertiary/aromatic N) is 2. The number of aromatic nitrogens is 2. The summed E-state index contributed by atoms with van der Waals surface area (Å²) in [6, 6.07) is 5.48. The molecule has 9 heteroatoms. The summed E-state index contributed by atoms with van der Waals surface area (Å²) in [6.45, 7) is 4.31. The quantitative estimate of drug-likeness (QED) is 0.492. The minimum atomic E-state index is -3.45. The van der Waals surface area contributed by atoms with Gasteiger partial charge >= 0.3 is 5.96 Å². The van der Waals surface area contributed by atoms with E-state index in [0.717, 1.165) is 23.1 Å². The monoisotopic (exact) mass is 324 g/mol. The number of ether oxygens (including phenoxy) is 1. The van der Waals surface area contributed by atoms with Crippen molar-refractivity contribution in [2.24, 2.45) is 5.73 Å². The maximum Gasteiger partial charge on any atom is 0.363 e. The normalized spacial score (nSPS) is 12.4. The van der Waals surface area contributed by atoms with Gasteiger partial charge in [0.1, 0.15) is 5.75 Å². The highest BCUT2D eigenvalue weighted by Crippen LogP contribution is 2.22. The molecule has 8 nitrogen and oxygen atoms in total. The molecule has 0 amide bonds. The Morgan fingerprint density at radius 1 is 1.41 bits per heavy atom. The van der Waals surface area contributed by atoms with E-state index in [1.54, 1.807) is 6.07 Å². The lowest BCUT2D eigenvalue weighted by Gasteiger charge is -2.07. The van der Waals surface area contributed by atoms with Gasteiger partial charge in [-0.05, 0) is 32.0 Å². The number of nitrogens with one attached hydrogen (secondary N) is 2. The SMILES string of the molecule is CCOc1ccc2nc(NC(N)=[NH+]S(C)(=O)=O)nc(C)c2c1. The van der Waals surface area contributed by atoms with Gasteiger partial charge in [-0.15, -0.1) is 0 Å². The van der Waals surface area contributed by atoms with Gasteiger partial charge in [0.2, 0.25) is 0 Å². The Bertz CT molecular complexity index is 833. The number of anilines is 1. The van der Waals surface area contributed by atoms with Gasteiger partial charge in [-0.1, -0.05) is 0 Å². The Hall–Kier alpha value is -2.42. The smallest absolute Gasteiger partial charge is 0.363 e. The van der Waals surface area contributed by atoms with Crippen molar-refractivity contribution >= 4 is 32.8 Å². The lowest BCUT2D eigenvalue weighted by molar-refractivity contribution is -0.267. The summed E-state index contributed by atoms with van der Waals surface area (Å²) in [6.07, 6.45) is 1.00. The molecule has 0 saturated carbocycles. The Morgan fingerprint density at radius 3 is 2.77 bits per heavy atom. The van der Waals surface area contributed by atoms with E-state index in [2.05, 4.69) is 19.7 Å². The largest absolute Gasteiger partial charge is 0.494 e. The van der Waals surface area contributed by atoms with Crippen molar-refractivity contribution in [3.8, 4) is 5.75 Å². The molecule has 0 aliphatic rings. The fraction of sp³-hybridized carbons (Fsp3) is 0.308. The molecule has 4 N–H and O–H groups in total. The first-order valence-electron chi connectivity index (χ1n) is 6.57. The highest BCUT2D eigenvalue weighted by Gasteiger charge is 2.11. The minimum absolute atomic E-state index is 0.160. The van der Waals surface area contributed by atoms with Crippen LogP contribution in [0.5, 0.6) is 5.75 Å². The number of nitrogens with two attached hydrogens (primary N) is 1. The van der Waals surface area contributed by atoms with Gasteiger partial charge in [0, 0.05) is 5.39 Å². The molecule has 0 aliphatic carbocycles. The maximum absolute atomic E-state index is 11.1. The molecule has 2 aromatic rings. The second-order valence-electron chi connectivity index (χ2n) is 4.66. The molecule has 0 bridgehead atoms. The van der Waals surface area contributed by atoms with Gasteiger partial charge in [0.05, 0.1) is 24.1 Å². The zero-order valence-electron chi connectivity index (χ0n) is 12.5. The summed E-state index contributed by atoms with van der Waals surface area (Å²) in [7, 11) is -3.45. The Balaban J connectivity index is 2.38. The second kappa shape index (κ2) is 6.14. The van der Waals surface area contributed by atoms with Crippen molar-refractivity contribution in [3.05, 3.63) is 23.9 Å². The zero-order chi connectivity index (χ0) is 16.3. The van der Waals surface area contributed by atoms with Crippen molar-refractivity contribution in [2.45, 2.75) is 13.8 Å². The van der Waals surface area contributed by atoms with Crippen LogP contribution in [0.15, 0.2) is 18.2 Å². The number of guanidine groups is 1. The number of fused-ring (bicyclic) bond motifs is 1. The highest BCUT2D eigenvalue weighted by molar-refractivity contribution is 7.83. The van der Waals surface area contributed by atoms with E-state index in [9.17, 15) is 8.42 Å². The first kappa shape index (κ1) is 16.0.